The molecular formula is C26H34N2O4S2Si. The number of rotatable bonds is 8. The Morgan fingerprint density at radius 1 is 1.09 bits per heavy atom. The Bertz CT molecular complexity index is 1290. The average Bonchev–Trinajstić information content (AvgIpc) is 3.44. The van der Waals surface area contributed by atoms with Crippen LogP contribution in [-0.4, -0.2) is 44.6 Å². The van der Waals surface area contributed by atoms with Crippen LogP contribution in [0.15, 0.2) is 48.7 Å². The van der Waals surface area contributed by atoms with E-state index >= 15 is 0 Å². The number of aromatic nitrogens is 2. The normalized spacial score (nSPS) is 20.0. The molecule has 9 heteroatoms. The number of hydrogen-bond donors (Lipinski definition) is 0. The standard InChI is InChI=1S/C26H34N2O4S2Si/c1-28-22(13-15-27-28)20-7-9-21(10-8-20)23-11-12-24(33-23)26(14-5-6-17-34(26,30)31)19-25(29)32-16-18-35(2,3)4/h7-13,15H,5-6,14,16-19H2,1-4H3/t26-/m0/s1. The summed E-state index contributed by atoms with van der Waals surface area (Å²) in [5, 5.41) is 4.23. The molecule has 1 aliphatic rings. The van der Waals surface area contributed by atoms with Crippen molar-refractivity contribution in [1.82, 2.24) is 9.78 Å². The van der Waals surface area contributed by atoms with Gasteiger partial charge < -0.3 is 4.74 Å². The number of esters is 1. The largest absolute Gasteiger partial charge is 0.466 e. The molecule has 0 saturated carbocycles. The third kappa shape index (κ3) is 5.62. The summed E-state index contributed by atoms with van der Waals surface area (Å²) in [6.45, 7) is 7.04. The van der Waals surface area contributed by atoms with E-state index in [1.807, 2.05) is 42.1 Å². The van der Waals surface area contributed by atoms with Crippen LogP contribution >= 0.6 is 11.3 Å². The second-order valence-corrected chi connectivity index (χ2v) is 19.7. The van der Waals surface area contributed by atoms with E-state index in [-0.39, 0.29) is 12.2 Å². The van der Waals surface area contributed by atoms with Crippen molar-refractivity contribution in [2.75, 3.05) is 12.4 Å². The molecular weight excluding hydrogens is 497 g/mol. The highest BCUT2D eigenvalue weighted by molar-refractivity contribution is 7.92. The van der Waals surface area contributed by atoms with Gasteiger partial charge in [0.15, 0.2) is 9.84 Å². The van der Waals surface area contributed by atoms with Gasteiger partial charge in [-0.2, -0.15) is 5.10 Å². The fourth-order valence-corrected chi connectivity index (χ4v) is 9.06. The molecule has 0 aliphatic carbocycles. The van der Waals surface area contributed by atoms with Gasteiger partial charge in [-0.05, 0) is 48.2 Å². The maximum atomic E-state index is 13.4. The Labute approximate surface area is 213 Å². The molecule has 0 unspecified atom stereocenters. The van der Waals surface area contributed by atoms with E-state index in [2.05, 4.69) is 36.9 Å². The number of thiophene rings is 1. The predicted molar refractivity (Wildman–Crippen MR) is 145 cm³/mol. The van der Waals surface area contributed by atoms with E-state index in [0.717, 1.165) is 39.0 Å². The van der Waals surface area contributed by atoms with Crippen molar-refractivity contribution in [1.29, 1.82) is 0 Å². The number of nitrogens with zero attached hydrogens (tertiary/aromatic N) is 2. The summed E-state index contributed by atoms with van der Waals surface area (Å²) in [5.41, 5.74) is 3.12. The molecule has 3 aromatic rings. The van der Waals surface area contributed by atoms with Crippen molar-refractivity contribution >= 4 is 35.2 Å². The van der Waals surface area contributed by atoms with Crippen molar-refractivity contribution in [3.8, 4) is 21.7 Å². The van der Waals surface area contributed by atoms with Gasteiger partial charge in [0.2, 0.25) is 0 Å². The molecule has 3 heterocycles. The number of hydrogen-bond acceptors (Lipinski definition) is 6. The molecule has 0 bridgehead atoms. The number of aryl methyl sites for hydroxylation is 1. The molecule has 0 radical (unpaired) electrons. The molecule has 1 atom stereocenters. The van der Waals surface area contributed by atoms with E-state index in [9.17, 15) is 13.2 Å². The van der Waals surface area contributed by atoms with E-state index in [1.165, 1.54) is 11.3 Å². The number of carbonyl (C=O) groups is 1. The lowest BCUT2D eigenvalue weighted by molar-refractivity contribution is -0.144. The van der Waals surface area contributed by atoms with Crippen LogP contribution < -0.4 is 0 Å². The molecule has 0 N–H and O–H groups in total. The first kappa shape index (κ1) is 25.8. The van der Waals surface area contributed by atoms with Crippen LogP contribution in [0, 0.1) is 0 Å². The van der Waals surface area contributed by atoms with Gasteiger partial charge in [0, 0.05) is 31.1 Å². The second-order valence-electron chi connectivity index (χ2n) is 10.6. The van der Waals surface area contributed by atoms with E-state index in [0.29, 0.717) is 19.4 Å². The quantitative estimate of drug-likeness (QED) is 0.268. The number of carbonyl (C=O) groups excluding carboxylic acids is 1. The third-order valence-corrected chi connectivity index (χ3v) is 12.5. The molecule has 1 aromatic carbocycles. The van der Waals surface area contributed by atoms with Crippen LogP contribution in [0.3, 0.4) is 0 Å². The predicted octanol–water partition coefficient (Wildman–Crippen LogP) is 5.88. The van der Waals surface area contributed by atoms with Gasteiger partial charge in [-0.15, -0.1) is 11.3 Å². The average molecular weight is 531 g/mol. The lowest BCUT2D eigenvalue weighted by Crippen LogP contribution is -2.42. The smallest absolute Gasteiger partial charge is 0.307 e. The second kappa shape index (κ2) is 10.0. The van der Waals surface area contributed by atoms with Crippen LogP contribution in [0.25, 0.3) is 21.7 Å². The minimum absolute atomic E-state index is 0.111. The van der Waals surface area contributed by atoms with Crippen molar-refractivity contribution in [2.24, 2.45) is 7.05 Å². The Balaban J connectivity index is 1.59. The summed E-state index contributed by atoms with van der Waals surface area (Å²) in [4.78, 5) is 14.6. The van der Waals surface area contributed by atoms with E-state index in [4.69, 9.17) is 4.74 Å². The summed E-state index contributed by atoms with van der Waals surface area (Å²) >= 11 is 1.47. The van der Waals surface area contributed by atoms with E-state index in [1.54, 1.807) is 6.20 Å². The number of ether oxygens (including phenoxy) is 1. The monoisotopic (exact) mass is 530 g/mol. The summed E-state index contributed by atoms with van der Waals surface area (Å²) in [6.07, 6.45) is 3.55. The van der Waals surface area contributed by atoms with Crippen molar-refractivity contribution in [3.05, 3.63) is 53.5 Å². The Morgan fingerprint density at radius 3 is 2.43 bits per heavy atom. The highest BCUT2D eigenvalue weighted by atomic mass is 32.2. The molecule has 188 valence electrons. The van der Waals surface area contributed by atoms with Crippen LogP contribution in [-0.2, 0) is 31.2 Å². The minimum Gasteiger partial charge on any atom is -0.466 e. The summed E-state index contributed by atoms with van der Waals surface area (Å²) < 4.78 is 33.0. The van der Waals surface area contributed by atoms with Gasteiger partial charge in [-0.25, -0.2) is 8.42 Å². The first-order valence-electron chi connectivity index (χ1n) is 12.1. The molecule has 0 amide bonds. The van der Waals surface area contributed by atoms with Crippen LogP contribution in [0.4, 0.5) is 0 Å². The first-order valence-corrected chi connectivity index (χ1v) is 18.3. The maximum absolute atomic E-state index is 13.4. The van der Waals surface area contributed by atoms with Crippen molar-refractivity contribution in [2.45, 2.75) is 56.1 Å². The van der Waals surface area contributed by atoms with Gasteiger partial charge in [-0.3, -0.25) is 9.48 Å². The summed E-state index contributed by atoms with van der Waals surface area (Å²) in [6, 6.07) is 14.9. The Hall–Kier alpha value is -2.23. The SMILES string of the molecule is Cn1nccc1-c1ccc(-c2ccc([C@@]3(CC(=O)OCC[Si](C)(C)C)CCCCS3(=O)=O)s2)cc1. The zero-order valence-electron chi connectivity index (χ0n) is 20.9. The van der Waals surface area contributed by atoms with Crippen LogP contribution in [0.1, 0.15) is 30.6 Å². The van der Waals surface area contributed by atoms with E-state index < -0.39 is 28.6 Å². The lowest BCUT2D eigenvalue weighted by Gasteiger charge is -2.35. The molecule has 6 nitrogen and oxygen atoms in total. The zero-order valence-corrected chi connectivity index (χ0v) is 23.5. The Morgan fingerprint density at radius 2 is 1.80 bits per heavy atom. The van der Waals surface area contributed by atoms with Crippen LogP contribution in [0.2, 0.25) is 25.7 Å². The van der Waals surface area contributed by atoms with Crippen molar-refractivity contribution < 1.29 is 17.9 Å². The lowest BCUT2D eigenvalue weighted by atomic mass is 9.95. The molecule has 1 fully saturated rings. The highest BCUT2D eigenvalue weighted by Crippen LogP contribution is 2.47. The maximum Gasteiger partial charge on any atom is 0.307 e. The molecule has 1 aliphatic heterocycles. The number of benzene rings is 1. The summed E-state index contributed by atoms with van der Waals surface area (Å²) in [7, 11) is -2.92. The van der Waals surface area contributed by atoms with Crippen LogP contribution in [0.5, 0.6) is 0 Å². The molecule has 0 spiro atoms. The fourth-order valence-electron chi connectivity index (χ4n) is 4.57. The first-order chi connectivity index (χ1) is 16.5. The molecule has 35 heavy (non-hydrogen) atoms. The molecule has 1 saturated heterocycles. The zero-order chi connectivity index (χ0) is 25.3. The van der Waals surface area contributed by atoms with Gasteiger partial charge >= 0.3 is 5.97 Å². The molecule has 4 rings (SSSR count). The van der Waals surface area contributed by atoms with Gasteiger partial charge in [0.05, 0.1) is 24.5 Å². The molecule has 2 aromatic heterocycles. The highest BCUT2D eigenvalue weighted by Gasteiger charge is 2.49. The topological polar surface area (TPSA) is 78.3 Å². The van der Waals surface area contributed by atoms with Gasteiger partial charge in [-0.1, -0.05) is 50.3 Å². The third-order valence-electron chi connectivity index (χ3n) is 6.73. The van der Waals surface area contributed by atoms with Crippen molar-refractivity contribution in [3.63, 3.8) is 0 Å². The fraction of sp³-hybridized carbons (Fsp3) is 0.462. The number of sulfone groups is 1. The van der Waals surface area contributed by atoms with Gasteiger partial charge in [0.25, 0.3) is 0 Å². The summed E-state index contributed by atoms with van der Waals surface area (Å²) in [5.74, 6) is -0.300. The Kier molecular flexibility index (Phi) is 7.40. The minimum atomic E-state index is -3.49. The van der Waals surface area contributed by atoms with Gasteiger partial charge in [0.1, 0.15) is 4.75 Å².